The number of ether oxygens (including phenoxy) is 1. The first kappa shape index (κ1) is 15.2. The van der Waals surface area contributed by atoms with Crippen molar-refractivity contribution in [2.24, 2.45) is 5.92 Å². The molecule has 0 bridgehead atoms. The maximum absolute atomic E-state index is 11.4. The van der Waals surface area contributed by atoms with Crippen LogP contribution in [0.25, 0.3) is 0 Å². The van der Waals surface area contributed by atoms with E-state index in [-0.39, 0.29) is 12.0 Å². The average molecular weight is 270 g/mol. The van der Waals surface area contributed by atoms with Gasteiger partial charge < -0.3 is 15.2 Å². The monoisotopic (exact) mass is 270 g/mol. The lowest BCUT2D eigenvalue weighted by atomic mass is 10.00. The number of hydrogen-bond donors (Lipinski definition) is 3. The lowest BCUT2D eigenvalue weighted by Crippen LogP contribution is -2.41. The van der Waals surface area contributed by atoms with Crippen LogP contribution in [0.5, 0.6) is 0 Å². The fourth-order valence-corrected chi connectivity index (χ4v) is 1.95. The molecule has 0 aliphatic carbocycles. The highest BCUT2D eigenvalue weighted by atomic mass is 16.5. The fourth-order valence-electron chi connectivity index (χ4n) is 1.95. The van der Waals surface area contributed by atoms with E-state index in [1.165, 1.54) is 0 Å². The molecule has 1 fully saturated rings. The minimum Gasteiger partial charge on any atom is -0.478 e. The van der Waals surface area contributed by atoms with Crippen molar-refractivity contribution in [1.82, 2.24) is 10.6 Å². The first-order valence-corrected chi connectivity index (χ1v) is 6.14. The predicted octanol–water partition coefficient (Wildman–Crippen LogP) is 0.268. The molecule has 1 aliphatic heterocycles. The number of carbonyl (C=O) groups excluding carboxylic acids is 2. The van der Waals surface area contributed by atoms with Gasteiger partial charge in [-0.15, -0.1) is 0 Å². The molecule has 2 unspecified atom stereocenters. The number of rotatable bonds is 5. The molecule has 106 valence electrons. The van der Waals surface area contributed by atoms with Crippen LogP contribution in [0.4, 0.5) is 4.79 Å². The highest BCUT2D eigenvalue weighted by Crippen LogP contribution is 2.22. The molecule has 0 spiro atoms. The highest BCUT2D eigenvalue weighted by molar-refractivity contribution is 6.02. The van der Waals surface area contributed by atoms with Crippen LogP contribution in [-0.4, -0.2) is 42.3 Å². The van der Waals surface area contributed by atoms with Gasteiger partial charge in [-0.1, -0.05) is 6.92 Å². The fraction of sp³-hybridized carbons (Fsp3) is 0.583. The first-order valence-electron chi connectivity index (χ1n) is 6.14. The van der Waals surface area contributed by atoms with Crippen molar-refractivity contribution in [3.8, 4) is 0 Å². The summed E-state index contributed by atoms with van der Waals surface area (Å²) in [5.74, 6) is -1.76. The molecular formula is C12H18N2O5. The second-order valence-corrected chi connectivity index (χ2v) is 4.24. The zero-order valence-electron chi connectivity index (χ0n) is 10.7. The summed E-state index contributed by atoms with van der Waals surface area (Å²) in [5.41, 5.74) is 0. The van der Waals surface area contributed by atoms with E-state index >= 15 is 0 Å². The largest absolute Gasteiger partial charge is 0.478 e. The van der Waals surface area contributed by atoms with E-state index in [9.17, 15) is 14.4 Å². The zero-order valence-corrected chi connectivity index (χ0v) is 10.7. The summed E-state index contributed by atoms with van der Waals surface area (Å²) in [6.45, 7) is 3.14. The van der Waals surface area contributed by atoms with Crippen LogP contribution in [0.2, 0.25) is 0 Å². The molecule has 1 saturated heterocycles. The van der Waals surface area contributed by atoms with Crippen LogP contribution in [0, 0.1) is 5.92 Å². The van der Waals surface area contributed by atoms with Gasteiger partial charge in [0, 0.05) is 31.2 Å². The number of carboxylic acid groups (broad SMARTS) is 1. The van der Waals surface area contributed by atoms with Crippen LogP contribution < -0.4 is 10.6 Å². The van der Waals surface area contributed by atoms with Crippen molar-refractivity contribution in [3.63, 3.8) is 0 Å². The lowest BCUT2D eigenvalue weighted by Gasteiger charge is -2.17. The third-order valence-electron chi connectivity index (χ3n) is 2.89. The molecule has 0 aromatic heterocycles. The molecule has 1 rings (SSSR count). The van der Waals surface area contributed by atoms with E-state index in [4.69, 9.17) is 9.84 Å². The smallest absolute Gasteiger partial charge is 0.328 e. The Labute approximate surface area is 111 Å². The van der Waals surface area contributed by atoms with E-state index in [0.29, 0.717) is 19.2 Å². The van der Waals surface area contributed by atoms with Gasteiger partial charge in [-0.2, -0.15) is 0 Å². The van der Waals surface area contributed by atoms with Gasteiger partial charge in [0.2, 0.25) is 0 Å². The molecule has 19 heavy (non-hydrogen) atoms. The summed E-state index contributed by atoms with van der Waals surface area (Å²) in [5, 5.41) is 12.9. The van der Waals surface area contributed by atoms with Gasteiger partial charge in [-0.25, -0.2) is 9.59 Å². The van der Waals surface area contributed by atoms with Crippen molar-refractivity contribution in [3.05, 3.63) is 12.2 Å². The van der Waals surface area contributed by atoms with Gasteiger partial charge in [-0.05, 0) is 12.8 Å². The molecule has 7 nitrogen and oxygen atoms in total. The van der Waals surface area contributed by atoms with Crippen molar-refractivity contribution >= 4 is 17.9 Å². The third-order valence-corrected chi connectivity index (χ3v) is 2.89. The van der Waals surface area contributed by atoms with Crippen LogP contribution in [0.15, 0.2) is 12.2 Å². The molecule has 2 atom stereocenters. The Kier molecular flexibility index (Phi) is 6.01. The zero-order chi connectivity index (χ0) is 14.3. The van der Waals surface area contributed by atoms with Gasteiger partial charge >= 0.3 is 12.0 Å². The molecule has 3 N–H and O–H groups in total. The molecule has 0 aromatic rings. The molecule has 0 aromatic carbocycles. The predicted molar refractivity (Wildman–Crippen MR) is 66.5 cm³/mol. The van der Waals surface area contributed by atoms with E-state index in [1.54, 1.807) is 0 Å². The molecule has 1 heterocycles. The average Bonchev–Trinajstić information content (AvgIpc) is 2.81. The number of hydrogen-bond acceptors (Lipinski definition) is 4. The van der Waals surface area contributed by atoms with Crippen LogP contribution in [0.3, 0.4) is 0 Å². The van der Waals surface area contributed by atoms with E-state index < -0.39 is 17.9 Å². The molecule has 7 heteroatoms. The van der Waals surface area contributed by atoms with Crippen molar-refractivity contribution < 1.29 is 24.2 Å². The number of urea groups is 1. The van der Waals surface area contributed by atoms with Gasteiger partial charge in [-0.3, -0.25) is 10.1 Å². The number of carboxylic acids is 1. The number of imide groups is 1. The minimum atomic E-state index is -1.25. The van der Waals surface area contributed by atoms with E-state index in [2.05, 4.69) is 5.32 Å². The van der Waals surface area contributed by atoms with Gasteiger partial charge in [0.25, 0.3) is 5.91 Å². The maximum Gasteiger partial charge on any atom is 0.328 e. The van der Waals surface area contributed by atoms with Crippen molar-refractivity contribution in [2.75, 3.05) is 13.2 Å². The van der Waals surface area contributed by atoms with E-state index in [1.807, 2.05) is 12.2 Å². The summed E-state index contributed by atoms with van der Waals surface area (Å²) in [6, 6.07) is -0.637. The molecule has 3 amide bonds. The van der Waals surface area contributed by atoms with Crippen LogP contribution >= 0.6 is 0 Å². The normalized spacial score (nSPS) is 22.4. The number of aliphatic carboxylic acids is 1. The van der Waals surface area contributed by atoms with E-state index in [0.717, 1.165) is 18.9 Å². The van der Waals surface area contributed by atoms with Crippen molar-refractivity contribution in [1.29, 1.82) is 0 Å². The first-order chi connectivity index (χ1) is 9.02. The second kappa shape index (κ2) is 7.52. The summed E-state index contributed by atoms with van der Waals surface area (Å²) >= 11 is 0. The Morgan fingerprint density at radius 2 is 2.11 bits per heavy atom. The van der Waals surface area contributed by atoms with Crippen LogP contribution in [0.1, 0.15) is 19.8 Å². The summed E-state index contributed by atoms with van der Waals surface area (Å²) in [6.07, 6.45) is 3.36. The maximum atomic E-state index is 11.4. The number of carbonyl (C=O) groups is 3. The summed E-state index contributed by atoms with van der Waals surface area (Å²) in [4.78, 5) is 32.7. The Morgan fingerprint density at radius 1 is 1.37 bits per heavy atom. The topological polar surface area (TPSA) is 105 Å². The molecular weight excluding hydrogens is 252 g/mol. The third kappa shape index (κ3) is 5.52. The minimum absolute atomic E-state index is 0.142. The van der Waals surface area contributed by atoms with Gasteiger partial charge in [0.15, 0.2) is 0 Å². The van der Waals surface area contributed by atoms with Gasteiger partial charge in [0.1, 0.15) is 0 Å². The molecule has 1 aliphatic rings. The lowest BCUT2D eigenvalue weighted by molar-refractivity contribution is -0.131. The Morgan fingerprint density at radius 3 is 2.74 bits per heavy atom. The Bertz CT molecular complexity index is 380. The SMILES string of the molecule is CCC1OCCC1CNC(=O)NC(=O)/C=C/C(=O)O. The quantitative estimate of drug-likeness (QED) is 0.622. The Hall–Kier alpha value is -1.89. The highest BCUT2D eigenvalue weighted by Gasteiger charge is 2.26. The van der Waals surface area contributed by atoms with Gasteiger partial charge in [0.05, 0.1) is 6.10 Å². The summed E-state index contributed by atoms with van der Waals surface area (Å²) < 4.78 is 5.48. The van der Waals surface area contributed by atoms with Crippen molar-refractivity contribution in [2.45, 2.75) is 25.9 Å². The number of nitrogens with one attached hydrogen (secondary N) is 2. The Balaban J connectivity index is 2.28. The number of amides is 3. The summed E-state index contributed by atoms with van der Waals surface area (Å²) in [7, 11) is 0. The second-order valence-electron chi connectivity index (χ2n) is 4.24. The molecule has 0 saturated carbocycles. The standard InChI is InChI=1S/C12H18N2O5/c1-2-9-8(5-6-19-9)7-13-12(18)14-10(15)3-4-11(16)17/h3-4,8-9H,2,5-7H2,1H3,(H,16,17)(H2,13,14,15,18)/b4-3+. The van der Waals surface area contributed by atoms with Crippen LogP contribution in [-0.2, 0) is 14.3 Å². The molecule has 0 radical (unpaired) electrons.